The molecule has 0 N–H and O–H groups in total. The molecule has 0 radical (unpaired) electrons. The predicted molar refractivity (Wildman–Crippen MR) is 104 cm³/mol. The highest BCUT2D eigenvalue weighted by Gasteiger charge is 2.43. The number of amides is 1. The molecule has 12 heteroatoms. The molecule has 0 spiro atoms. The lowest BCUT2D eigenvalue weighted by Crippen LogP contribution is -2.52. The Hall–Kier alpha value is -2.18. The van der Waals surface area contributed by atoms with E-state index in [0.717, 1.165) is 17.7 Å². The van der Waals surface area contributed by atoms with E-state index in [2.05, 4.69) is 0 Å². The number of rotatable bonds is 6. The Kier molecular flexibility index (Phi) is 7.22. The summed E-state index contributed by atoms with van der Waals surface area (Å²) in [6.07, 6.45) is -3.21. The minimum Gasteiger partial charge on any atom is -0.461 e. The number of nitrogens with zero attached hydrogens (tertiary/aromatic N) is 3. The third kappa shape index (κ3) is 5.74. The van der Waals surface area contributed by atoms with Crippen molar-refractivity contribution in [1.82, 2.24) is 14.1 Å². The lowest BCUT2D eigenvalue weighted by atomic mass is 10.2. The van der Waals surface area contributed by atoms with Gasteiger partial charge in [0.25, 0.3) is 0 Å². The number of carbonyl (C=O) groups excluding carboxylic acids is 2. The molecule has 172 valence electrons. The number of alkyl halides is 3. The maximum atomic E-state index is 12.5. The Balaban J connectivity index is 1.44. The summed E-state index contributed by atoms with van der Waals surface area (Å²) in [6.45, 7) is 1.75. The summed E-state index contributed by atoms with van der Waals surface area (Å²) >= 11 is 0. The largest absolute Gasteiger partial charge is 0.471 e. The number of carbonyl (C=O) groups is 2. The van der Waals surface area contributed by atoms with Gasteiger partial charge in [-0.1, -0.05) is 0 Å². The van der Waals surface area contributed by atoms with Crippen LogP contribution < -0.4 is 0 Å². The molecule has 2 heterocycles. The first-order chi connectivity index (χ1) is 14.6. The number of esters is 1. The van der Waals surface area contributed by atoms with Gasteiger partial charge in [-0.2, -0.15) is 17.5 Å². The van der Waals surface area contributed by atoms with Crippen LogP contribution in [-0.2, 0) is 19.6 Å². The van der Waals surface area contributed by atoms with Crippen LogP contribution in [0.5, 0.6) is 0 Å². The minimum absolute atomic E-state index is 0.0277. The monoisotopic (exact) mass is 463 g/mol. The first-order valence-electron chi connectivity index (χ1n) is 9.95. The molecule has 0 saturated carbocycles. The fourth-order valence-corrected chi connectivity index (χ4v) is 5.06. The second kappa shape index (κ2) is 9.53. The van der Waals surface area contributed by atoms with Crippen LogP contribution in [0.25, 0.3) is 0 Å². The molecular weight excluding hydrogens is 439 g/mol. The lowest BCUT2D eigenvalue weighted by molar-refractivity contribution is -0.187. The molecule has 0 bridgehead atoms. The van der Waals surface area contributed by atoms with Crippen molar-refractivity contribution in [3.05, 3.63) is 29.8 Å². The number of benzene rings is 1. The van der Waals surface area contributed by atoms with Gasteiger partial charge < -0.3 is 9.64 Å². The maximum absolute atomic E-state index is 12.5. The zero-order chi connectivity index (χ0) is 22.6. The average Bonchev–Trinajstić information content (AvgIpc) is 3.29. The number of ether oxygens (including phenoxy) is 1. The van der Waals surface area contributed by atoms with E-state index in [-0.39, 0.29) is 43.2 Å². The number of piperazine rings is 1. The molecule has 2 saturated heterocycles. The highest BCUT2D eigenvalue weighted by atomic mass is 32.2. The summed E-state index contributed by atoms with van der Waals surface area (Å²) in [6, 6.07) is 5.54. The molecule has 0 atom stereocenters. The van der Waals surface area contributed by atoms with E-state index in [4.69, 9.17) is 4.74 Å². The molecule has 0 unspecified atom stereocenters. The summed E-state index contributed by atoms with van der Waals surface area (Å²) in [7, 11) is -3.56. The van der Waals surface area contributed by atoms with Crippen molar-refractivity contribution >= 4 is 21.9 Å². The van der Waals surface area contributed by atoms with Crippen molar-refractivity contribution in [2.75, 3.05) is 52.4 Å². The molecule has 31 heavy (non-hydrogen) atoms. The Morgan fingerprint density at radius 1 is 0.935 bits per heavy atom. The predicted octanol–water partition coefficient (Wildman–Crippen LogP) is 1.33. The zero-order valence-electron chi connectivity index (χ0n) is 16.8. The van der Waals surface area contributed by atoms with Gasteiger partial charge >= 0.3 is 18.1 Å². The smallest absolute Gasteiger partial charge is 0.461 e. The van der Waals surface area contributed by atoms with E-state index in [9.17, 15) is 31.2 Å². The highest BCUT2D eigenvalue weighted by Crippen LogP contribution is 2.21. The zero-order valence-corrected chi connectivity index (χ0v) is 17.6. The van der Waals surface area contributed by atoms with Crippen LogP contribution in [0.3, 0.4) is 0 Å². The molecule has 2 aliphatic heterocycles. The third-order valence-electron chi connectivity index (χ3n) is 5.34. The molecule has 8 nitrogen and oxygen atoms in total. The van der Waals surface area contributed by atoms with Gasteiger partial charge in [-0.05, 0) is 37.1 Å². The number of hydrogen-bond acceptors (Lipinski definition) is 6. The quantitative estimate of drug-likeness (QED) is 0.592. The van der Waals surface area contributed by atoms with Gasteiger partial charge in [0.05, 0.1) is 10.5 Å². The van der Waals surface area contributed by atoms with Crippen LogP contribution in [0, 0.1) is 0 Å². The molecule has 2 fully saturated rings. The van der Waals surface area contributed by atoms with Crippen LogP contribution in [0.15, 0.2) is 29.2 Å². The molecule has 2 aliphatic rings. The van der Waals surface area contributed by atoms with E-state index < -0.39 is 28.1 Å². The van der Waals surface area contributed by atoms with E-state index >= 15 is 0 Å². The SMILES string of the molecule is O=C(OCCN1CCN(C(=O)C(F)(F)F)CC1)c1ccc(S(=O)(=O)N2CCCC2)cc1. The maximum Gasteiger partial charge on any atom is 0.471 e. The summed E-state index contributed by atoms with van der Waals surface area (Å²) in [5.74, 6) is -2.45. The van der Waals surface area contributed by atoms with Crippen LogP contribution in [0.4, 0.5) is 13.2 Å². The standard InChI is InChI=1S/C19H24F3N3O5S/c20-19(21,22)18(27)24-11-9-23(10-12-24)13-14-30-17(26)15-3-5-16(6-4-15)31(28,29)25-7-1-2-8-25/h3-6H,1-2,7-14H2. The van der Waals surface area contributed by atoms with Gasteiger partial charge in [0, 0.05) is 45.8 Å². The van der Waals surface area contributed by atoms with Gasteiger partial charge in [-0.15, -0.1) is 0 Å². The number of sulfonamides is 1. The summed E-state index contributed by atoms with van der Waals surface area (Å²) in [5, 5.41) is 0. The molecule has 3 rings (SSSR count). The normalized spacial score (nSPS) is 18.9. The Morgan fingerprint density at radius 2 is 1.52 bits per heavy atom. The fraction of sp³-hybridized carbons (Fsp3) is 0.579. The Bertz CT molecular complexity index is 891. The minimum atomic E-state index is -4.87. The van der Waals surface area contributed by atoms with Crippen LogP contribution in [0.2, 0.25) is 0 Å². The second-order valence-electron chi connectivity index (χ2n) is 7.40. The topological polar surface area (TPSA) is 87.2 Å². The van der Waals surface area contributed by atoms with Gasteiger partial charge in [0.1, 0.15) is 6.61 Å². The van der Waals surface area contributed by atoms with Crippen LogP contribution >= 0.6 is 0 Å². The first-order valence-corrected chi connectivity index (χ1v) is 11.4. The Labute approximate surface area is 178 Å². The molecule has 0 aliphatic carbocycles. The average molecular weight is 463 g/mol. The van der Waals surface area contributed by atoms with Gasteiger partial charge in [-0.3, -0.25) is 9.69 Å². The van der Waals surface area contributed by atoms with E-state index in [1.54, 1.807) is 4.90 Å². The van der Waals surface area contributed by atoms with Crippen LogP contribution in [-0.4, -0.2) is 93.0 Å². The van der Waals surface area contributed by atoms with E-state index in [0.29, 0.717) is 19.6 Å². The molecular formula is C19H24F3N3O5S. The summed E-state index contributed by atoms with van der Waals surface area (Å²) < 4.78 is 69.0. The van der Waals surface area contributed by atoms with Gasteiger partial charge in [-0.25, -0.2) is 13.2 Å². The summed E-state index contributed by atoms with van der Waals surface area (Å²) in [4.78, 5) is 26.1. The molecule has 1 aromatic carbocycles. The van der Waals surface area contributed by atoms with Gasteiger partial charge in [0.2, 0.25) is 10.0 Å². The van der Waals surface area contributed by atoms with Gasteiger partial charge in [0.15, 0.2) is 0 Å². The highest BCUT2D eigenvalue weighted by molar-refractivity contribution is 7.89. The van der Waals surface area contributed by atoms with Crippen molar-refractivity contribution in [2.24, 2.45) is 0 Å². The van der Waals surface area contributed by atoms with E-state index in [1.807, 2.05) is 0 Å². The fourth-order valence-electron chi connectivity index (χ4n) is 3.55. The summed E-state index contributed by atoms with van der Waals surface area (Å²) in [5.41, 5.74) is 0.209. The molecule has 1 amide bonds. The Morgan fingerprint density at radius 3 is 2.06 bits per heavy atom. The third-order valence-corrected chi connectivity index (χ3v) is 7.25. The van der Waals surface area contributed by atoms with Crippen molar-refractivity contribution in [3.63, 3.8) is 0 Å². The molecule has 0 aromatic heterocycles. The number of hydrogen-bond donors (Lipinski definition) is 0. The van der Waals surface area contributed by atoms with E-state index in [1.165, 1.54) is 28.6 Å². The van der Waals surface area contributed by atoms with Crippen LogP contribution in [0.1, 0.15) is 23.2 Å². The van der Waals surface area contributed by atoms with Crippen molar-refractivity contribution in [3.8, 4) is 0 Å². The first kappa shape index (κ1) is 23.5. The number of halogens is 3. The van der Waals surface area contributed by atoms with Crippen molar-refractivity contribution in [1.29, 1.82) is 0 Å². The molecule has 1 aromatic rings. The van der Waals surface area contributed by atoms with Crippen molar-refractivity contribution in [2.45, 2.75) is 23.9 Å². The second-order valence-corrected chi connectivity index (χ2v) is 9.34. The lowest BCUT2D eigenvalue weighted by Gasteiger charge is -2.34. The van der Waals surface area contributed by atoms with Crippen molar-refractivity contribution < 1.29 is 35.9 Å².